The predicted octanol–water partition coefficient (Wildman–Crippen LogP) is 10.8. The molecule has 0 saturated carbocycles. The van der Waals surface area contributed by atoms with Crippen LogP contribution in [0.1, 0.15) is 69.6 Å². The number of benzene rings is 4. The van der Waals surface area contributed by atoms with Gasteiger partial charge in [0.1, 0.15) is 30.0 Å². The number of ether oxygens (including phenoxy) is 2. The summed E-state index contributed by atoms with van der Waals surface area (Å²) in [5.74, 6) is 2.71. The number of hydrogen-bond donors (Lipinski definition) is 0. The van der Waals surface area contributed by atoms with Crippen LogP contribution in [0.15, 0.2) is 108 Å². The number of thioether (sulfide) groups is 1. The van der Waals surface area contributed by atoms with Gasteiger partial charge in [0.2, 0.25) is 0 Å². The fraction of sp³-hybridized carbons (Fsp3) is 0.333. The molecule has 5 rings (SSSR count). The maximum Gasteiger partial charge on any atom is 0.258 e. The van der Waals surface area contributed by atoms with Crippen LogP contribution in [0, 0.1) is 0 Å². The van der Waals surface area contributed by atoms with Crippen molar-refractivity contribution in [1.29, 1.82) is 0 Å². The van der Waals surface area contributed by atoms with Crippen LogP contribution in [0.2, 0.25) is 16.6 Å². The van der Waals surface area contributed by atoms with E-state index in [1.807, 2.05) is 42.1 Å². The molecule has 214 valence electrons. The maximum atomic E-state index is 6.94. The monoisotopic (exact) mass is 582 g/mol. The third kappa shape index (κ3) is 6.36. The van der Waals surface area contributed by atoms with Gasteiger partial charge in [0.25, 0.3) is 8.32 Å². The van der Waals surface area contributed by atoms with Crippen LogP contribution in [0.3, 0.4) is 0 Å². The standard InChI is InChI=1S/C36H42O3SSi/c1-25(2)41(26(3)4,27(5)6)39-31-19-17-29(18-20-31)35-36(30-15-11-8-12-16-30)40-34-23-32(21-22-33(34)38-35)37-24-28-13-9-7-10-14-28/h7-23,25-27,35-36H,24H2,1-6H3/t35-,36+/m1/s1. The summed E-state index contributed by atoms with van der Waals surface area (Å²) in [6.07, 6.45) is -0.123. The molecule has 0 amide bonds. The summed E-state index contributed by atoms with van der Waals surface area (Å²) in [6, 6.07) is 35.8. The fourth-order valence-corrected chi connectivity index (χ4v) is 12.9. The van der Waals surface area contributed by atoms with E-state index in [1.54, 1.807) is 0 Å². The molecule has 2 atom stereocenters. The van der Waals surface area contributed by atoms with Gasteiger partial charge < -0.3 is 13.9 Å². The van der Waals surface area contributed by atoms with E-state index in [0.717, 1.165) is 33.3 Å². The summed E-state index contributed by atoms with van der Waals surface area (Å²) in [4.78, 5) is 1.10. The quantitative estimate of drug-likeness (QED) is 0.174. The molecule has 0 fully saturated rings. The summed E-state index contributed by atoms with van der Waals surface area (Å²) in [6.45, 7) is 14.5. The molecule has 0 spiro atoms. The summed E-state index contributed by atoms with van der Waals surface area (Å²) in [5, 5.41) is 0.107. The topological polar surface area (TPSA) is 27.7 Å². The van der Waals surface area contributed by atoms with Gasteiger partial charge in [-0.3, -0.25) is 0 Å². The average molecular weight is 583 g/mol. The van der Waals surface area contributed by atoms with Crippen molar-refractivity contribution >= 4 is 20.1 Å². The lowest BCUT2D eigenvalue weighted by atomic mass is 10.00. The Morgan fingerprint density at radius 1 is 0.683 bits per heavy atom. The van der Waals surface area contributed by atoms with Gasteiger partial charge in [0.05, 0.1) is 10.1 Å². The number of rotatable bonds is 10. The van der Waals surface area contributed by atoms with Gasteiger partial charge in [-0.25, -0.2) is 0 Å². The fourth-order valence-electron chi connectivity index (χ4n) is 6.32. The van der Waals surface area contributed by atoms with Crippen molar-refractivity contribution in [3.05, 3.63) is 120 Å². The van der Waals surface area contributed by atoms with Crippen molar-refractivity contribution in [1.82, 2.24) is 0 Å². The van der Waals surface area contributed by atoms with Crippen LogP contribution in [0.5, 0.6) is 17.2 Å². The molecular weight excluding hydrogens is 541 g/mol. The molecule has 4 aromatic rings. The zero-order valence-corrected chi connectivity index (χ0v) is 26.9. The summed E-state index contributed by atoms with van der Waals surface area (Å²) >= 11 is 1.85. The van der Waals surface area contributed by atoms with Gasteiger partial charge >= 0.3 is 0 Å². The second-order valence-electron chi connectivity index (χ2n) is 11.9. The zero-order chi connectivity index (χ0) is 29.0. The highest BCUT2D eigenvalue weighted by atomic mass is 32.2. The highest BCUT2D eigenvalue weighted by molar-refractivity contribution is 7.99. The van der Waals surface area contributed by atoms with Crippen LogP contribution in [-0.4, -0.2) is 8.32 Å². The molecule has 5 heteroatoms. The van der Waals surface area contributed by atoms with Crippen LogP contribution in [0.25, 0.3) is 0 Å². The van der Waals surface area contributed by atoms with E-state index in [-0.39, 0.29) is 11.4 Å². The minimum atomic E-state index is -2.02. The molecule has 1 heterocycles. The Labute approximate surface area is 251 Å². The summed E-state index contributed by atoms with van der Waals surface area (Å²) in [7, 11) is -2.02. The molecule has 0 N–H and O–H groups in total. The third-order valence-corrected chi connectivity index (χ3v) is 15.6. The summed E-state index contributed by atoms with van der Waals surface area (Å²) in [5.41, 5.74) is 5.14. The first kappa shape index (κ1) is 29.3. The highest BCUT2D eigenvalue weighted by Gasteiger charge is 2.47. The second kappa shape index (κ2) is 12.8. The van der Waals surface area contributed by atoms with Gasteiger partial charge in [0, 0.05) is 0 Å². The lowest BCUT2D eigenvalue weighted by Crippen LogP contribution is -2.50. The van der Waals surface area contributed by atoms with Gasteiger partial charge in [-0.2, -0.15) is 0 Å². The Kier molecular flexibility index (Phi) is 9.15. The maximum absolute atomic E-state index is 6.94. The highest BCUT2D eigenvalue weighted by Crippen LogP contribution is 2.54. The molecular formula is C36H42O3SSi. The SMILES string of the molecule is CC(C)[Si](Oc1ccc([C@H]2Oc3ccc(OCc4ccccc4)cc3S[C@H]2c2ccccc2)cc1)(C(C)C)C(C)C. The first-order valence-corrected chi connectivity index (χ1v) is 17.8. The van der Waals surface area contributed by atoms with Crippen molar-refractivity contribution < 1.29 is 13.9 Å². The molecule has 0 aromatic heterocycles. The Hall–Kier alpha value is -3.15. The molecule has 41 heavy (non-hydrogen) atoms. The number of hydrogen-bond acceptors (Lipinski definition) is 4. The van der Waals surface area contributed by atoms with E-state index in [0.29, 0.717) is 23.2 Å². The first-order valence-electron chi connectivity index (χ1n) is 14.8. The first-order chi connectivity index (χ1) is 19.8. The lowest BCUT2D eigenvalue weighted by Gasteiger charge is -2.42. The molecule has 1 aliphatic rings. The van der Waals surface area contributed by atoms with E-state index in [1.165, 1.54) is 5.56 Å². The largest absolute Gasteiger partial charge is 0.543 e. The molecule has 3 nitrogen and oxygen atoms in total. The molecule has 0 aliphatic carbocycles. The van der Waals surface area contributed by atoms with Crippen molar-refractivity contribution in [2.75, 3.05) is 0 Å². The molecule has 1 aliphatic heterocycles. The van der Waals surface area contributed by atoms with Crippen LogP contribution < -0.4 is 13.9 Å². The molecule has 0 unspecified atom stereocenters. The van der Waals surface area contributed by atoms with Crippen molar-refractivity contribution in [3.8, 4) is 17.2 Å². The van der Waals surface area contributed by atoms with E-state index in [9.17, 15) is 0 Å². The van der Waals surface area contributed by atoms with E-state index in [2.05, 4.69) is 114 Å². The van der Waals surface area contributed by atoms with E-state index < -0.39 is 8.32 Å². The summed E-state index contributed by atoms with van der Waals surface area (Å²) < 4.78 is 19.8. The molecule has 4 aromatic carbocycles. The molecule has 0 saturated heterocycles. The smallest absolute Gasteiger partial charge is 0.258 e. The average Bonchev–Trinajstić information content (AvgIpc) is 2.99. The van der Waals surface area contributed by atoms with E-state index in [4.69, 9.17) is 13.9 Å². The van der Waals surface area contributed by atoms with Gasteiger partial charge in [-0.1, -0.05) is 114 Å². The minimum absolute atomic E-state index is 0.107. The predicted molar refractivity (Wildman–Crippen MR) is 174 cm³/mol. The Morgan fingerprint density at radius 3 is 1.88 bits per heavy atom. The Bertz CT molecular complexity index is 1380. The van der Waals surface area contributed by atoms with Crippen molar-refractivity contribution in [2.45, 2.75) is 81.0 Å². The third-order valence-electron chi connectivity index (χ3n) is 8.28. The molecule has 0 radical (unpaired) electrons. The van der Waals surface area contributed by atoms with Gasteiger partial charge in [-0.05, 0) is 63.6 Å². The van der Waals surface area contributed by atoms with Crippen LogP contribution in [0.4, 0.5) is 0 Å². The van der Waals surface area contributed by atoms with E-state index >= 15 is 0 Å². The van der Waals surface area contributed by atoms with Crippen LogP contribution in [-0.2, 0) is 6.61 Å². The Morgan fingerprint density at radius 2 is 1.27 bits per heavy atom. The van der Waals surface area contributed by atoms with Gasteiger partial charge in [0.15, 0.2) is 0 Å². The van der Waals surface area contributed by atoms with Gasteiger partial charge in [-0.15, -0.1) is 11.8 Å². The normalized spacial score (nSPS) is 16.9. The second-order valence-corrected chi connectivity index (χ2v) is 18.4. The van der Waals surface area contributed by atoms with Crippen LogP contribution >= 0.6 is 11.8 Å². The minimum Gasteiger partial charge on any atom is -0.543 e. The van der Waals surface area contributed by atoms with Crippen molar-refractivity contribution in [3.63, 3.8) is 0 Å². The lowest BCUT2D eigenvalue weighted by molar-refractivity contribution is 0.190. The zero-order valence-electron chi connectivity index (χ0n) is 25.0. The number of fused-ring (bicyclic) bond motifs is 1. The molecule has 0 bridgehead atoms. The Balaban J connectivity index is 1.41. The van der Waals surface area contributed by atoms with Crippen molar-refractivity contribution in [2.24, 2.45) is 0 Å².